The Balaban J connectivity index is 1.33. The van der Waals surface area contributed by atoms with Gasteiger partial charge in [-0.25, -0.2) is 9.78 Å². The molecular formula is C21H21N3O3. The summed E-state index contributed by atoms with van der Waals surface area (Å²) in [6, 6.07) is 19.0. The molecule has 1 saturated heterocycles. The van der Waals surface area contributed by atoms with Crippen molar-refractivity contribution in [2.45, 2.75) is 13.0 Å². The average molecular weight is 363 g/mol. The number of nitrogens with one attached hydrogen (secondary N) is 1. The van der Waals surface area contributed by atoms with E-state index in [0.29, 0.717) is 37.0 Å². The van der Waals surface area contributed by atoms with Gasteiger partial charge < -0.3 is 19.7 Å². The van der Waals surface area contributed by atoms with Gasteiger partial charge in [-0.1, -0.05) is 30.3 Å². The summed E-state index contributed by atoms with van der Waals surface area (Å²) in [6.07, 6.45) is -0.0495. The molecule has 2 heterocycles. The van der Waals surface area contributed by atoms with Crippen molar-refractivity contribution in [3.05, 3.63) is 60.7 Å². The van der Waals surface area contributed by atoms with Gasteiger partial charge in [0.25, 0.3) is 0 Å². The molecule has 0 radical (unpaired) electrons. The minimum atomic E-state index is -0.159. The quantitative estimate of drug-likeness (QED) is 0.746. The summed E-state index contributed by atoms with van der Waals surface area (Å²) in [5, 5.41) is 3.97. The third-order valence-electron chi connectivity index (χ3n) is 4.42. The smallest absolute Gasteiger partial charge is 0.322 e. The number of likely N-dealkylation sites (tertiary alicyclic amines) is 1. The first-order valence-electron chi connectivity index (χ1n) is 9.03. The number of urea groups is 1. The van der Waals surface area contributed by atoms with E-state index in [2.05, 4.69) is 10.3 Å². The SMILES string of the molecule is CCOc1ccccc1NC(=O)N1CC(Oc2ccc3ccccc3n2)C1. The van der Waals surface area contributed by atoms with Crippen LogP contribution in [-0.2, 0) is 0 Å². The predicted molar refractivity (Wildman–Crippen MR) is 104 cm³/mol. The Morgan fingerprint density at radius 3 is 2.74 bits per heavy atom. The summed E-state index contributed by atoms with van der Waals surface area (Å²) < 4.78 is 11.4. The maximum absolute atomic E-state index is 12.4. The fourth-order valence-corrected chi connectivity index (χ4v) is 3.01. The number of hydrogen-bond acceptors (Lipinski definition) is 4. The van der Waals surface area contributed by atoms with E-state index in [0.717, 1.165) is 10.9 Å². The van der Waals surface area contributed by atoms with Gasteiger partial charge in [-0.05, 0) is 31.2 Å². The highest BCUT2D eigenvalue weighted by Crippen LogP contribution is 2.25. The predicted octanol–water partition coefficient (Wildman–Crippen LogP) is 3.93. The van der Waals surface area contributed by atoms with Gasteiger partial charge in [-0.2, -0.15) is 0 Å². The summed E-state index contributed by atoms with van der Waals surface area (Å²) in [7, 11) is 0. The molecule has 138 valence electrons. The van der Waals surface area contributed by atoms with Crippen LogP contribution in [-0.4, -0.2) is 41.7 Å². The molecule has 1 aliphatic heterocycles. The van der Waals surface area contributed by atoms with Gasteiger partial charge in [-0.15, -0.1) is 0 Å². The Hall–Kier alpha value is -3.28. The molecule has 1 aromatic heterocycles. The van der Waals surface area contributed by atoms with E-state index < -0.39 is 0 Å². The zero-order valence-corrected chi connectivity index (χ0v) is 15.1. The van der Waals surface area contributed by atoms with Gasteiger partial charge in [0.2, 0.25) is 5.88 Å². The van der Waals surface area contributed by atoms with Crippen molar-refractivity contribution in [3.63, 3.8) is 0 Å². The number of pyridine rings is 1. The van der Waals surface area contributed by atoms with E-state index in [-0.39, 0.29) is 12.1 Å². The fourth-order valence-electron chi connectivity index (χ4n) is 3.01. The molecule has 0 saturated carbocycles. The zero-order chi connectivity index (χ0) is 18.6. The van der Waals surface area contributed by atoms with Crippen LogP contribution in [0.4, 0.5) is 10.5 Å². The standard InChI is InChI=1S/C21H21N3O3/c1-2-26-19-10-6-5-9-18(19)23-21(25)24-13-16(14-24)27-20-12-11-15-7-3-4-8-17(15)22-20/h3-12,16H,2,13-14H2,1H3,(H,23,25). The van der Waals surface area contributed by atoms with E-state index in [1.54, 1.807) is 4.90 Å². The number of benzene rings is 2. The minimum Gasteiger partial charge on any atom is -0.492 e. The van der Waals surface area contributed by atoms with Crippen LogP contribution in [0.2, 0.25) is 0 Å². The molecule has 1 aliphatic rings. The normalized spacial score (nSPS) is 13.9. The van der Waals surface area contributed by atoms with Crippen molar-refractivity contribution in [1.82, 2.24) is 9.88 Å². The van der Waals surface area contributed by atoms with Crippen LogP contribution in [0.15, 0.2) is 60.7 Å². The van der Waals surface area contributed by atoms with Gasteiger partial charge in [0, 0.05) is 11.5 Å². The van der Waals surface area contributed by atoms with Crippen molar-refractivity contribution in [2.24, 2.45) is 0 Å². The largest absolute Gasteiger partial charge is 0.492 e. The molecule has 2 amide bonds. The first-order valence-corrected chi connectivity index (χ1v) is 9.03. The summed E-state index contributed by atoms with van der Waals surface area (Å²) in [6.45, 7) is 3.51. The molecule has 2 aromatic carbocycles. The summed E-state index contributed by atoms with van der Waals surface area (Å²) in [4.78, 5) is 18.6. The lowest BCUT2D eigenvalue weighted by atomic mass is 10.2. The fraction of sp³-hybridized carbons (Fsp3) is 0.238. The van der Waals surface area contributed by atoms with Gasteiger partial charge in [0.15, 0.2) is 0 Å². The molecule has 0 bridgehead atoms. The van der Waals surface area contributed by atoms with Crippen LogP contribution in [0.25, 0.3) is 10.9 Å². The van der Waals surface area contributed by atoms with E-state index >= 15 is 0 Å². The third-order valence-corrected chi connectivity index (χ3v) is 4.42. The lowest BCUT2D eigenvalue weighted by Crippen LogP contribution is -2.57. The van der Waals surface area contributed by atoms with Crippen molar-refractivity contribution in [1.29, 1.82) is 0 Å². The molecule has 6 nitrogen and oxygen atoms in total. The van der Waals surface area contributed by atoms with Gasteiger partial charge in [0.1, 0.15) is 11.9 Å². The number of nitrogens with zero attached hydrogens (tertiary/aromatic N) is 2. The van der Waals surface area contributed by atoms with Crippen molar-refractivity contribution in [3.8, 4) is 11.6 Å². The number of anilines is 1. The van der Waals surface area contributed by atoms with Crippen molar-refractivity contribution < 1.29 is 14.3 Å². The molecule has 4 rings (SSSR count). The maximum Gasteiger partial charge on any atom is 0.322 e. The number of para-hydroxylation sites is 3. The highest BCUT2D eigenvalue weighted by Gasteiger charge is 2.33. The topological polar surface area (TPSA) is 63.7 Å². The van der Waals surface area contributed by atoms with Crippen molar-refractivity contribution >= 4 is 22.6 Å². The number of aromatic nitrogens is 1. The van der Waals surface area contributed by atoms with Crippen LogP contribution in [0.1, 0.15) is 6.92 Å². The van der Waals surface area contributed by atoms with E-state index in [1.165, 1.54) is 0 Å². The molecule has 0 spiro atoms. The van der Waals surface area contributed by atoms with Crippen molar-refractivity contribution in [2.75, 3.05) is 25.0 Å². The van der Waals surface area contributed by atoms with E-state index in [9.17, 15) is 4.79 Å². The monoisotopic (exact) mass is 363 g/mol. The number of fused-ring (bicyclic) bond motifs is 1. The van der Waals surface area contributed by atoms with E-state index in [4.69, 9.17) is 9.47 Å². The molecule has 0 aliphatic carbocycles. The van der Waals surface area contributed by atoms with Crippen LogP contribution in [0.3, 0.4) is 0 Å². The Bertz CT molecular complexity index is 954. The van der Waals surface area contributed by atoms with Crippen LogP contribution < -0.4 is 14.8 Å². The summed E-state index contributed by atoms with van der Waals surface area (Å²) in [5.74, 6) is 1.25. The van der Waals surface area contributed by atoms with E-state index in [1.807, 2.05) is 67.6 Å². The second-order valence-electron chi connectivity index (χ2n) is 6.35. The first-order chi connectivity index (χ1) is 13.2. The molecule has 6 heteroatoms. The number of carbonyl (C=O) groups excluding carboxylic acids is 1. The molecular weight excluding hydrogens is 342 g/mol. The minimum absolute atomic E-state index is 0.0495. The molecule has 1 fully saturated rings. The van der Waals surface area contributed by atoms with Gasteiger partial charge in [-0.3, -0.25) is 0 Å². The van der Waals surface area contributed by atoms with Crippen LogP contribution in [0.5, 0.6) is 11.6 Å². The first kappa shape index (κ1) is 17.1. The Morgan fingerprint density at radius 2 is 1.89 bits per heavy atom. The highest BCUT2D eigenvalue weighted by atomic mass is 16.5. The molecule has 27 heavy (non-hydrogen) atoms. The summed E-state index contributed by atoms with van der Waals surface area (Å²) in [5.41, 5.74) is 1.57. The lowest BCUT2D eigenvalue weighted by molar-refractivity contribution is 0.0463. The molecule has 0 unspecified atom stereocenters. The number of carbonyl (C=O) groups is 1. The number of hydrogen-bond donors (Lipinski definition) is 1. The Kier molecular flexibility index (Phi) is 4.78. The molecule has 1 N–H and O–H groups in total. The molecule has 3 aromatic rings. The van der Waals surface area contributed by atoms with Gasteiger partial charge in [0.05, 0.1) is 30.9 Å². The Labute approximate surface area is 157 Å². The summed E-state index contributed by atoms with van der Waals surface area (Å²) >= 11 is 0. The van der Waals surface area contributed by atoms with Crippen LogP contribution >= 0.6 is 0 Å². The molecule has 0 atom stereocenters. The van der Waals surface area contributed by atoms with Gasteiger partial charge >= 0.3 is 6.03 Å². The Morgan fingerprint density at radius 1 is 1.11 bits per heavy atom. The zero-order valence-electron chi connectivity index (χ0n) is 15.1. The maximum atomic E-state index is 12.4. The van der Waals surface area contributed by atoms with Crippen LogP contribution in [0, 0.1) is 0 Å². The second-order valence-corrected chi connectivity index (χ2v) is 6.35. The lowest BCUT2D eigenvalue weighted by Gasteiger charge is -2.38. The number of amides is 2. The number of ether oxygens (including phenoxy) is 2. The average Bonchev–Trinajstić information content (AvgIpc) is 2.66. The third kappa shape index (κ3) is 3.79. The highest BCUT2D eigenvalue weighted by molar-refractivity contribution is 5.91. The second kappa shape index (κ2) is 7.53. The number of rotatable bonds is 5.